The molecule has 0 aliphatic carbocycles. The summed E-state index contributed by atoms with van der Waals surface area (Å²) in [6.07, 6.45) is 14.2. The van der Waals surface area contributed by atoms with Gasteiger partial charge in [0.15, 0.2) is 8.32 Å². The fourth-order valence-electron chi connectivity index (χ4n) is 2.33. The van der Waals surface area contributed by atoms with Crippen LogP contribution in [0, 0.1) is 0 Å². The molecule has 0 rings (SSSR count). The molecular weight excluding hydrogens is 272 g/mol. The summed E-state index contributed by atoms with van der Waals surface area (Å²) >= 11 is 0. The monoisotopic (exact) mass is 312 g/mol. The molecule has 0 N–H and O–H groups in total. The third-order valence-corrected chi connectivity index (χ3v) is 9.36. The third kappa shape index (κ3) is 9.52. The molecule has 2 heteroatoms. The van der Waals surface area contributed by atoms with Gasteiger partial charge >= 0.3 is 0 Å². The summed E-state index contributed by atoms with van der Waals surface area (Å²) < 4.78 is 6.56. The maximum absolute atomic E-state index is 6.56. The Kier molecular flexibility index (Phi) is 10.6. The van der Waals surface area contributed by atoms with Crippen molar-refractivity contribution in [3.63, 3.8) is 0 Å². The molecule has 0 amide bonds. The molecule has 0 aliphatic heterocycles. The number of unbranched alkanes of at least 4 members (excludes halogenated alkanes) is 6. The quantitative estimate of drug-likeness (QED) is 0.212. The predicted molar refractivity (Wildman–Crippen MR) is 99.5 cm³/mol. The highest BCUT2D eigenvalue weighted by Crippen LogP contribution is 2.38. The highest BCUT2D eigenvalue weighted by molar-refractivity contribution is 6.74. The second kappa shape index (κ2) is 10.6. The fourth-order valence-corrected chi connectivity index (χ4v) is 3.73. The predicted octanol–water partition coefficient (Wildman–Crippen LogP) is 7.09. The van der Waals surface area contributed by atoms with E-state index in [9.17, 15) is 0 Å². The van der Waals surface area contributed by atoms with Crippen molar-refractivity contribution in [1.29, 1.82) is 0 Å². The molecule has 21 heavy (non-hydrogen) atoms. The van der Waals surface area contributed by atoms with E-state index in [-0.39, 0.29) is 0 Å². The number of rotatable bonds is 12. The maximum Gasteiger partial charge on any atom is 0.192 e. The van der Waals surface area contributed by atoms with Crippen LogP contribution in [-0.2, 0) is 4.43 Å². The topological polar surface area (TPSA) is 9.23 Å². The van der Waals surface area contributed by atoms with Gasteiger partial charge in [-0.05, 0) is 31.0 Å². The summed E-state index contributed by atoms with van der Waals surface area (Å²) in [4.78, 5) is 0. The van der Waals surface area contributed by atoms with Crippen molar-refractivity contribution in [2.75, 3.05) is 0 Å². The molecule has 0 spiro atoms. The Morgan fingerprint density at radius 2 is 1.52 bits per heavy atom. The number of hydrogen-bond acceptors (Lipinski definition) is 1. The lowest BCUT2D eigenvalue weighted by Gasteiger charge is -2.39. The third-order valence-electron chi connectivity index (χ3n) is 4.83. The number of hydrogen-bond donors (Lipinski definition) is 0. The van der Waals surface area contributed by atoms with E-state index in [1.54, 1.807) is 0 Å². The van der Waals surface area contributed by atoms with Gasteiger partial charge in [0, 0.05) is 6.10 Å². The van der Waals surface area contributed by atoms with Gasteiger partial charge in [-0.15, -0.1) is 6.58 Å². The molecule has 0 bridgehead atoms. The minimum atomic E-state index is -1.64. The molecule has 0 saturated heterocycles. The Balaban J connectivity index is 4.06. The zero-order valence-corrected chi connectivity index (χ0v) is 16.6. The van der Waals surface area contributed by atoms with Crippen molar-refractivity contribution in [1.82, 2.24) is 0 Å². The van der Waals surface area contributed by atoms with Gasteiger partial charge in [-0.3, -0.25) is 0 Å². The Labute approximate surface area is 135 Å². The van der Waals surface area contributed by atoms with Crippen LogP contribution in [0.3, 0.4) is 0 Å². The van der Waals surface area contributed by atoms with E-state index < -0.39 is 8.32 Å². The Morgan fingerprint density at radius 1 is 1.00 bits per heavy atom. The minimum Gasteiger partial charge on any atom is -0.414 e. The van der Waals surface area contributed by atoms with Crippen LogP contribution in [0.25, 0.3) is 0 Å². The minimum absolute atomic E-state index is 0.298. The first-order valence-electron chi connectivity index (χ1n) is 9.03. The molecule has 126 valence electrons. The van der Waals surface area contributed by atoms with Crippen LogP contribution < -0.4 is 0 Å². The van der Waals surface area contributed by atoms with Crippen LogP contribution in [0.5, 0.6) is 0 Å². The van der Waals surface area contributed by atoms with E-state index in [1.165, 1.54) is 51.4 Å². The molecular formula is C19H40OSi. The van der Waals surface area contributed by atoms with Gasteiger partial charge in [-0.25, -0.2) is 0 Å². The summed E-state index contributed by atoms with van der Waals surface area (Å²) in [6, 6.07) is 0. The van der Waals surface area contributed by atoms with Crippen LogP contribution in [-0.4, -0.2) is 14.4 Å². The van der Waals surface area contributed by atoms with E-state index in [0.29, 0.717) is 11.1 Å². The highest BCUT2D eigenvalue weighted by Gasteiger charge is 2.38. The van der Waals surface area contributed by atoms with E-state index in [4.69, 9.17) is 4.43 Å². The maximum atomic E-state index is 6.56. The normalized spacial score (nSPS) is 14.2. The average Bonchev–Trinajstić information content (AvgIpc) is 2.36. The highest BCUT2D eigenvalue weighted by atomic mass is 28.4. The summed E-state index contributed by atoms with van der Waals surface area (Å²) in [5.74, 6) is 0. The lowest BCUT2D eigenvalue weighted by atomic mass is 10.1. The Hall–Kier alpha value is -0.0831. The van der Waals surface area contributed by atoms with Crippen LogP contribution in [0.1, 0.15) is 85.5 Å². The Morgan fingerprint density at radius 3 is 2.00 bits per heavy atom. The molecule has 1 nitrogen and oxygen atoms in total. The fraction of sp³-hybridized carbons (Fsp3) is 0.895. The molecule has 0 aromatic carbocycles. The zero-order chi connectivity index (χ0) is 16.4. The molecule has 0 heterocycles. The van der Waals surface area contributed by atoms with Gasteiger partial charge in [-0.1, -0.05) is 78.7 Å². The van der Waals surface area contributed by atoms with Gasteiger partial charge in [0.2, 0.25) is 0 Å². The molecule has 0 aromatic rings. The summed E-state index contributed by atoms with van der Waals surface area (Å²) in [6.45, 7) is 17.8. The van der Waals surface area contributed by atoms with Gasteiger partial charge in [0.05, 0.1) is 0 Å². The van der Waals surface area contributed by atoms with Crippen LogP contribution >= 0.6 is 0 Å². The second-order valence-corrected chi connectivity index (χ2v) is 12.7. The largest absolute Gasteiger partial charge is 0.414 e. The standard InChI is InChI=1S/C19H40OSi/c1-8-10-11-12-13-14-15-17-18(16-9-2)20-21(6,7)19(3,4)5/h9,18H,2,8,10-17H2,1,3-7H3. The summed E-state index contributed by atoms with van der Waals surface area (Å²) in [5.41, 5.74) is 0. The van der Waals surface area contributed by atoms with Crippen molar-refractivity contribution in [2.24, 2.45) is 0 Å². The lowest BCUT2D eigenvalue weighted by Crippen LogP contribution is -2.43. The van der Waals surface area contributed by atoms with Crippen molar-refractivity contribution >= 4 is 8.32 Å². The lowest BCUT2D eigenvalue weighted by molar-refractivity contribution is 0.170. The smallest absolute Gasteiger partial charge is 0.192 e. The van der Waals surface area contributed by atoms with E-state index in [2.05, 4.69) is 47.4 Å². The molecule has 0 saturated carbocycles. The summed E-state index contributed by atoms with van der Waals surface area (Å²) in [5, 5.41) is 0.298. The van der Waals surface area contributed by atoms with Crippen molar-refractivity contribution in [3.05, 3.63) is 12.7 Å². The first-order valence-corrected chi connectivity index (χ1v) is 11.9. The van der Waals surface area contributed by atoms with Crippen molar-refractivity contribution in [3.8, 4) is 0 Å². The zero-order valence-electron chi connectivity index (χ0n) is 15.6. The first kappa shape index (κ1) is 20.9. The van der Waals surface area contributed by atoms with Gasteiger partial charge in [0.25, 0.3) is 0 Å². The van der Waals surface area contributed by atoms with Gasteiger partial charge in [-0.2, -0.15) is 0 Å². The van der Waals surface area contributed by atoms with E-state index in [1.807, 2.05) is 6.08 Å². The SMILES string of the molecule is C=CCC(CCCCCCCCC)O[Si](C)(C)C(C)(C)C. The Bertz CT molecular complexity index is 265. The van der Waals surface area contributed by atoms with Gasteiger partial charge in [0.1, 0.15) is 0 Å². The molecule has 0 radical (unpaired) electrons. The van der Waals surface area contributed by atoms with Gasteiger partial charge < -0.3 is 4.43 Å². The van der Waals surface area contributed by atoms with Crippen molar-refractivity contribution < 1.29 is 4.43 Å². The molecule has 0 fully saturated rings. The van der Waals surface area contributed by atoms with Crippen LogP contribution in [0.4, 0.5) is 0 Å². The summed E-state index contributed by atoms with van der Waals surface area (Å²) in [7, 11) is -1.64. The molecule has 1 atom stereocenters. The van der Waals surface area contributed by atoms with Crippen LogP contribution in [0.15, 0.2) is 12.7 Å². The molecule has 0 aromatic heterocycles. The van der Waals surface area contributed by atoms with Crippen molar-refractivity contribution in [2.45, 2.75) is 110 Å². The molecule has 1 unspecified atom stereocenters. The van der Waals surface area contributed by atoms with E-state index >= 15 is 0 Å². The average molecular weight is 313 g/mol. The van der Waals surface area contributed by atoms with E-state index in [0.717, 1.165) is 6.42 Å². The second-order valence-electron chi connectivity index (χ2n) is 7.93. The first-order chi connectivity index (χ1) is 9.74. The molecule has 0 aliphatic rings. The van der Waals surface area contributed by atoms with Crippen LogP contribution in [0.2, 0.25) is 18.1 Å².